The van der Waals surface area contributed by atoms with Gasteiger partial charge in [0.05, 0.1) is 26.5 Å². The maximum atomic E-state index is 14.3. The Morgan fingerprint density at radius 3 is 2.52 bits per heavy atom. The summed E-state index contributed by atoms with van der Waals surface area (Å²) in [7, 11) is 3.10. The maximum absolute atomic E-state index is 14.3. The van der Waals surface area contributed by atoms with E-state index in [-0.39, 0.29) is 11.9 Å². The third-order valence-electron chi connectivity index (χ3n) is 3.23. The summed E-state index contributed by atoms with van der Waals surface area (Å²) >= 11 is 0. The van der Waals surface area contributed by atoms with Gasteiger partial charge in [0.15, 0.2) is 0 Å². The molecular weight excluding hydrogens is 271 g/mol. The molecule has 4 nitrogen and oxygen atoms in total. The van der Waals surface area contributed by atoms with Crippen LogP contribution < -0.4 is 14.8 Å². The number of rotatable bonds is 6. The summed E-state index contributed by atoms with van der Waals surface area (Å²) in [5.41, 5.74) is 1.40. The average Bonchev–Trinajstić information content (AvgIpc) is 2.53. The van der Waals surface area contributed by atoms with Gasteiger partial charge in [-0.2, -0.15) is 0 Å². The lowest BCUT2D eigenvalue weighted by molar-refractivity contribution is 0.409. The van der Waals surface area contributed by atoms with Crippen molar-refractivity contribution in [3.63, 3.8) is 0 Å². The minimum atomic E-state index is -0.317. The predicted octanol–water partition coefficient (Wildman–Crippen LogP) is 2.94. The number of benzene rings is 1. The van der Waals surface area contributed by atoms with E-state index in [2.05, 4.69) is 10.3 Å². The molecule has 0 saturated heterocycles. The van der Waals surface area contributed by atoms with Gasteiger partial charge < -0.3 is 14.8 Å². The van der Waals surface area contributed by atoms with Crippen molar-refractivity contribution in [3.05, 3.63) is 53.6 Å². The molecule has 2 aromatic rings. The van der Waals surface area contributed by atoms with Crippen LogP contribution in [0.4, 0.5) is 4.39 Å². The molecule has 0 aliphatic heterocycles. The maximum Gasteiger partial charge on any atom is 0.137 e. The smallest absolute Gasteiger partial charge is 0.137 e. The van der Waals surface area contributed by atoms with Crippen LogP contribution in [0, 0.1) is 5.82 Å². The number of nitrogens with one attached hydrogen (secondary N) is 1. The normalized spacial score (nSPS) is 12.0. The lowest BCUT2D eigenvalue weighted by Gasteiger charge is -2.20. The molecule has 5 heteroatoms. The number of hydrogen-bond donors (Lipinski definition) is 1. The van der Waals surface area contributed by atoms with Crippen LogP contribution in [0.1, 0.15) is 24.1 Å². The Morgan fingerprint density at radius 2 is 1.90 bits per heavy atom. The van der Waals surface area contributed by atoms with Gasteiger partial charge in [-0.25, -0.2) is 4.39 Å². The second kappa shape index (κ2) is 7.04. The van der Waals surface area contributed by atoms with Crippen molar-refractivity contribution in [2.24, 2.45) is 0 Å². The summed E-state index contributed by atoms with van der Waals surface area (Å²) < 4.78 is 24.5. The minimum Gasteiger partial charge on any atom is -0.497 e. The summed E-state index contributed by atoms with van der Waals surface area (Å²) in [5.74, 6) is 0.822. The van der Waals surface area contributed by atoms with Crippen LogP contribution in [-0.4, -0.2) is 25.7 Å². The molecule has 0 saturated carbocycles. The van der Waals surface area contributed by atoms with E-state index in [0.29, 0.717) is 23.6 Å². The molecule has 1 unspecified atom stereocenters. The number of aromatic nitrogens is 1. The Hall–Kier alpha value is -2.14. The molecule has 0 spiro atoms. The quantitative estimate of drug-likeness (QED) is 0.888. The fraction of sp³-hybridized carbons (Fsp3) is 0.312. The Morgan fingerprint density at radius 1 is 1.14 bits per heavy atom. The van der Waals surface area contributed by atoms with Crippen LogP contribution in [0.3, 0.4) is 0 Å². The number of nitrogens with zero attached hydrogens (tertiary/aromatic N) is 1. The van der Waals surface area contributed by atoms with Crippen LogP contribution in [0.25, 0.3) is 0 Å². The highest BCUT2D eigenvalue weighted by atomic mass is 19.1. The van der Waals surface area contributed by atoms with Crippen LogP contribution in [0.15, 0.2) is 36.7 Å². The Bertz CT molecular complexity index is 605. The molecule has 0 aliphatic carbocycles. The second-order valence-electron chi connectivity index (χ2n) is 4.54. The number of methoxy groups -OCH3 is 2. The van der Waals surface area contributed by atoms with E-state index in [1.807, 2.05) is 13.0 Å². The lowest BCUT2D eigenvalue weighted by atomic mass is 9.99. The topological polar surface area (TPSA) is 43.4 Å². The largest absolute Gasteiger partial charge is 0.497 e. The number of ether oxygens (including phenoxy) is 2. The van der Waals surface area contributed by atoms with Crippen molar-refractivity contribution in [1.82, 2.24) is 10.3 Å². The van der Waals surface area contributed by atoms with Gasteiger partial charge in [0, 0.05) is 17.8 Å². The summed E-state index contributed by atoms with van der Waals surface area (Å²) in [5, 5.41) is 3.27. The van der Waals surface area contributed by atoms with Gasteiger partial charge in [-0.1, -0.05) is 13.0 Å². The monoisotopic (exact) mass is 290 g/mol. The highest BCUT2D eigenvalue weighted by molar-refractivity contribution is 5.37. The molecule has 1 aromatic carbocycles. The van der Waals surface area contributed by atoms with Crippen molar-refractivity contribution in [2.75, 3.05) is 20.8 Å². The molecule has 1 heterocycles. The first-order chi connectivity index (χ1) is 10.2. The zero-order valence-corrected chi connectivity index (χ0v) is 12.4. The van der Waals surface area contributed by atoms with Crippen LogP contribution in [0.5, 0.6) is 11.5 Å². The fourth-order valence-electron chi connectivity index (χ4n) is 2.19. The molecule has 112 valence electrons. The van der Waals surface area contributed by atoms with E-state index in [1.165, 1.54) is 13.2 Å². The first-order valence-corrected chi connectivity index (χ1v) is 6.75. The van der Waals surface area contributed by atoms with Crippen molar-refractivity contribution >= 4 is 0 Å². The molecular formula is C16H19FN2O2. The summed E-state index contributed by atoms with van der Waals surface area (Å²) in [6.45, 7) is 2.68. The first-order valence-electron chi connectivity index (χ1n) is 6.75. The van der Waals surface area contributed by atoms with Crippen LogP contribution in [-0.2, 0) is 0 Å². The molecule has 0 fully saturated rings. The van der Waals surface area contributed by atoms with Gasteiger partial charge in [-0.15, -0.1) is 0 Å². The van der Waals surface area contributed by atoms with E-state index in [0.717, 1.165) is 5.56 Å². The minimum absolute atomic E-state index is 0.288. The predicted molar refractivity (Wildman–Crippen MR) is 79.3 cm³/mol. The molecule has 0 aliphatic rings. The lowest BCUT2D eigenvalue weighted by Crippen LogP contribution is -2.23. The number of halogens is 1. The molecule has 1 aromatic heterocycles. The Labute approximate surface area is 123 Å². The highest BCUT2D eigenvalue weighted by Crippen LogP contribution is 2.28. The first kappa shape index (κ1) is 15.3. The molecule has 0 bridgehead atoms. The third-order valence-corrected chi connectivity index (χ3v) is 3.23. The van der Waals surface area contributed by atoms with Crippen molar-refractivity contribution < 1.29 is 13.9 Å². The van der Waals surface area contributed by atoms with E-state index >= 15 is 0 Å². The van der Waals surface area contributed by atoms with Gasteiger partial charge in [-0.05, 0) is 24.2 Å². The Balaban J connectivity index is 2.42. The highest BCUT2D eigenvalue weighted by Gasteiger charge is 2.18. The zero-order chi connectivity index (χ0) is 15.2. The van der Waals surface area contributed by atoms with Crippen molar-refractivity contribution in [3.8, 4) is 11.5 Å². The van der Waals surface area contributed by atoms with E-state index in [9.17, 15) is 4.39 Å². The molecule has 1 N–H and O–H groups in total. The number of pyridine rings is 1. The van der Waals surface area contributed by atoms with Crippen molar-refractivity contribution in [2.45, 2.75) is 13.0 Å². The average molecular weight is 290 g/mol. The van der Waals surface area contributed by atoms with Gasteiger partial charge in [-0.3, -0.25) is 4.98 Å². The summed E-state index contributed by atoms with van der Waals surface area (Å²) in [4.78, 5) is 4.14. The zero-order valence-electron chi connectivity index (χ0n) is 12.4. The Kier molecular flexibility index (Phi) is 5.11. The third kappa shape index (κ3) is 3.49. The molecule has 1 atom stereocenters. The van der Waals surface area contributed by atoms with E-state index in [1.54, 1.807) is 31.6 Å². The summed E-state index contributed by atoms with van der Waals surface area (Å²) in [6.07, 6.45) is 3.33. The molecule has 2 rings (SSSR count). The van der Waals surface area contributed by atoms with Crippen LogP contribution in [0.2, 0.25) is 0 Å². The second-order valence-corrected chi connectivity index (χ2v) is 4.54. The van der Waals surface area contributed by atoms with E-state index < -0.39 is 0 Å². The van der Waals surface area contributed by atoms with Crippen LogP contribution >= 0.6 is 0 Å². The molecule has 0 radical (unpaired) electrons. The van der Waals surface area contributed by atoms with Gasteiger partial charge >= 0.3 is 0 Å². The van der Waals surface area contributed by atoms with Gasteiger partial charge in [0.2, 0.25) is 0 Å². The van der Waals surface area contributed by atoms with Crippen molar-refractivity contribution in [1.29, 1.82) is 0 Å². The number of hydrogen-bond acceptors (Lipinski definition) is 4. The van der Waals surface area contributed by atoms with Gasteiger partial charge in [0.25, 0.3) is 0 Å². The molecule has 21 heavy (non-hydrogen) atoms. The van der Waals surface area contributed by atoms with Gasteiger partial charge in [0.1, 0.15) is 17.3 Å². The standard InChI is InChI=1S/C16H19FN2O2/c1-4-19-16(11-7-13(21-3)10-18-9-11)14-6-5-12(20-2)8-15(14)17/h5-10,16,19H,4H2,1-3H3. The summed E-state index contributed by atoms with van der Waals surface area (Å²) in [6, 6.07) is 6.41. The van der Waals surface area contributed by atoms with E-state index in [4.69, 9.17) is 9.47 Å². The SMILES string of the molecule is CCNC(c1cncc(OC)c1)c1ccc(OC)cc1F. The fourth-order valence-corrected chi connectivity index (χ4v) is 2.19. The molecule has 0 amide bonds.